The molecule has 1 heterocycles. The first-order valence-electron chi connectivity index (χ1n) is 6.13. The summed E-state index contributed by atoms with van der Waals surface area (Å²) in [4.78, 5) is 4.61. The quantitative estimate of drug-likeness (QED) is 0.700. The van der Waals surface area contributed by atoms with Gasteiger partial charge >= 0.3 is 0 Å². The summed E-state index contributed by atoms with van der Waals surface area (Å²) in [6.07, 6.45) is 0. The minimum atomic E-state index is -0.241. The number of nitrogens with zero attached hydrogens (tertiary/aromatic N) is 1. The molecule has 2 aromatic carbocycles. The summed E-state index contributed by atoms with van der Waals surface area (Å²) >= 11 is 1.53. The van der Waals surface area contributed by atoms with E-state index in [9.17, 15) is 4.39 Å². The van der Waals surface area contributed by atoms with Crippen molar-refractivity contribution in [3.63, 3.8) is 0 Å². The van der Waals surface area contributed by atoms with E-state index >= 15 is 0 Å². The average Bonchev–Trinajstić information content (AvgIpc) is 2.97. The summed E-state index contributed by atoms with van der Waals surface area (Å²) < 4.78 is 18.3. The summed E-state index contributed by atoms with van der Waals surface area (Å²) in [5.74, 6) is 0.554. The molecule has 4 heteroatoms. The second-order valence-corrected chi connectivity index (χ2v) is 5.10. The number of hydrogen-bond donors (Lipinski definition) is 0. The third-order valence-electron chi connectivity index (χ3n) is 2.98. The maximum absolute atomic E-state index is 12.9. The van der Waals surface area contributed by atoms with Crippen molar-refractivity contribution in [1.29, 1.82) is 0 Å². The van der Waals surface area contributed by atoms with E-state index in [0.29, 0.717) is 0 Å². The van der Waals surface area contributed by atoms with E-state index < -0.39 is 0 Å². The number of halogens is 1. The van der Waals surface area contributed by atoms with Crippen molar-refractivity contribution in [3.05, 3.63) is 59.7 Å². The van der Waals surface area contributed by atoms with Gasteiger partial charge in [-0.15, -0.1) is 11.3 Å². The molecule has 0 N–H and O–H groups in total. The number of aromatic nitrogens is 1. The predicted octanol–water partition coefficient (Wildman–Crippen LogP) is 4.62. The van der Waals surface area contributed by atoms with Gasteiger partial charge in [0, 0.05) is 16.5 Å². The second kappa shape index (κ2) is 5.43. The maximum atomic E-state index is 12.9. The van der Waals surface area contributed by atoms with Gasteiger partial charge in [0.2, 0.25) is 0 Å². The molecule has 3 rings (SSSR count). The molecule has 3 aromatic rings. The molecule has 0 saturated carbocycles. The van der Waals surface area contributed by atoms with Crippen molar-refractivity contribution in [2.75, 3.05) is 7.11 Å². The summed E-state index contributed by atoms with van der Waals surface area (Å²) in [5.41, 5.74) is 2.74. The minimum Gasteiger partial charge on any atom is -0.496 e. The summed E-state index contributed by atoms with van der Waals surface area (Å²) in [5, 5.41) is 2.85. The Balaban J connectivity index is 2.00. The highest BCUT2D eigenvalue weighted by Gasteiger charge is 2.10. The molecule has 0 radical (unpaired) electrons. The van der Waals surface area contributed by atoms with Gasteiger partial charge < -0.3 is 4.74 Å². The van der Waals surface area contributed by atoms with Crippen molar-refractivity contribution in [2.45, 2.75) is 0 Å². The molecule has 100 valence electrons. The molecule has 0 spiro atoms. The van der Waals surface area contributed by atoms with Crippen LogP contribution in [0.3, 0.4) is 0 Å². The van der Waals surface area contributed by atoms with Crippen LogP contribution in [0.2, 0.25) is 0 Å². The van der Waals surface area contributed by atoms with E-state index in [1.54, 1.807) is 19.2 Å². The molecule has 0 saturated heterocycles. The van der Waals surface area contributed by atoms with Gasteiger partial charge in [-0.05, 0) is 36.4 Å². The number of thiazole rings is 1. The van der Waals surface area contributed by atoms with Crippen LogP contribution in [0.4, 0.5) is 4.39 Å². The first-order valence-corrected chi connectivity index (χ1v) is 7.01. The van der Waals surface area contributed by atoms with Crippen LogP contribution in [-0.2, 0) is 0 Å². The Morgan fingerprint density at radius 3 is 2.55 bits per heavy atom. The lowest BCUT2D eigenvalue weighted by Crippen LogP contribution is -1.87. The second-order valence-electron chi connectivity index (χ2n) is 4.25. The lowest BCUT2D eigenvalue weighted by Gasteiger charge is -2.04. The van der Waals surface area contributed by atoms with Gasteiger partial charge in [-0.2, -0.15) is 0 Å². The van der Waals surface area contributed by atoms with Crippen molar-refractivity contribution in [1.82, 2.24) is 4.98 Å². The molecule has 0 aliphatic heterocycles. The monoisotopic (exact) mass is 285 g/mol. The van der Waals surface area contributed by atoms with Crippen LogP contribution in [0.25, 0.3) is 21.8 Å². The molecule has 2 nitrogen and oxygen atoms in total. The topological polar surface area (TPSA) is 22.1 Å². The number of rotatable bonds is 3. The van der Waals surface area contributed by atoms with E-state index in [0.717, 1.165) is 27.6 Å². The van der Waals surface area contributed by atoms with Crippen LogP contribution in [-0.4, -0.2) is 12.1 Å². The van der Waals surface area contributed by atoms with E-state index in [-0.39, 0.29) is 5.82 Å². The SMILES string of the molecule is COc1ccccc1-c1csc(-c2ccc(F)cc2)n1. The number of hydrogen-bond acceptors (Lipinski definition) is 3. The number of para-hydroxylation sites is 1. The van der Waals surface area contributed by atoms with Crippen molar-refractivity contribution >= 4 is 11.3 Å². The Morgan fingerprint density at radius 1 is 1.05 bits per heavy atom. The Labute approximate surface area is 120 Å². The molecule has 0 fully saturated rings. The molecule has 0 aliphatic carbocycles. The largest absolute Gasteiger partial charge is 0.496 e. The number of methoxy groups -OCH3 is 1. The molecule has 0 unspecified atom stereocenters. The summed E-state index contributed by atoms with van der Waals surface area (Å²) in [6.45, 7) is 0. The van der Waals surface area contributed by atoms with E-state index in [2.05, 4.69) is 4.98 Å². The van der Waals surface area contributed by atoms with Gasteiger partial charge in [0.15, 0.2) is 0 Å². The molecule has 1 aromatic heterocycles. The van der Waals surface area contributed by atoms with Gasteiger partial charge in [0.05, 0.1) is 12.8 Å². The van der Waals surface area contributed by atoms with Crippen molar-refractivity contribution < 1.29 is 9.13 Å². The highest BCUT2D eigenvalue weighted by Crippen LogP contribution is 2.33. The van der Waals surface area contributed by atoms with E-state index in [1.165, 1.54) is 23.5 Å². The molecule has 20 heavy (non-hydrogen) atoms. The summed E-state index contributed by atoms with van der Waals surface area (Å²) in [7, 11) is 1.64. The maximum Gasteiger partial charge on any atom is 0.128 e. The van der Waals surface area contributed by atoms with Gasteiger partial charge in [0.25, 0.3) is 0 Å². The van der Waals surface area contributed by atoms with Crippen LogP contribution in [0, 0.1) is 5.82 Å². The van der Waals surface area contributed by atoms with E-state index in [1.807, 2.05) is 29.6 Å². The molecule has 0 aliphatic rings. The highest BCUT2D eigenvalue weighted by atomic mass is 32.1. The normalized spacial score (nSPS) is 10.5. The van der Waals surface area contributed by atoms with E-state index in [4.69, 9.17) is 4.74 Å². The minimum absolute atomic E-state index is 0.241. The lowest BCUT2D eigenvalue weighted by atomic mass is 10.1. The third-order valence-corrected chi connectivity index (χ3v) is 3.87. The zero-order chi connectivity index (χ0) is 13.9. The van der Waals surface area contributed by atoms with Crippen LogP contribution in [0.1, 0.15) is 0 Å². The Hall–Kier alpha value is -2.20. The average molecular weight is 285 g/mol. The predicted molar refractivity (Wildman–Crippen MR) is 79.5 cm³/mol. The fourth-order valence-electron chi connectivity index (χ4n) is 1.98. The Morgan fingerprint density at radius 2 is 1.80 bits per heavy atom. The molecular formula is C16H12FNOS. The van der Waals surface area contributed by atoms with Crippen LogP contribution in [0.5, 0.6) is 5.75 Å². The molecule has 0 amide bonds. The fourth-order valence-corrected chi connectivity index (χ4v) is 2.80. The van der Waals surface area contributed by atoms with Gasteiger partial charge in [-0.3, -0.25) is 0 Å². The first kappa shape index (κ1) is 12.8. The van der Waals surface area contributed by atoms with Gasteiger partial charge in [0.1, 0.15) is 16.6 Å². The summed E-state index contributed by atoms with van der Waals surface area (Å²) in [6, 6.07) is 14.1. The number of ether oxygens (including phenoxy) is 1. The van der Waals surface area contributed by atoms with Crippen LogP contribution < -0.4 is 4.74 Å². The van der Waals surface area contributed by atoms with Crippen LogP contribution in [0.15, 0.2) is 53.9 Å². The third kappa shape index (κ3) is 2.42. The zero-order valence-electron chi connectivity index (χ0n) is 10.8. The van der Waals surface area contributed by atoms with Crippen LogP contribution >= 0.6 is 11.3 Å². The van der Waals surface area contributed by atoms with Gasteiger partial charge in [-0.1, -0.05) is 12.1 Å². The number of benzene rings is 2. The fraction of sp³-hybridized carbons (Fsp3) is 0.0625. The lowest BCUT2D eigenvalue weighted by molar-refractivity contribution is 0.416. The van der Waals surface area contributed by atoms with Crippen molar-refractivity contribution in [2.24, 2.45) is 0 Å². The van der Waals surface area contributed by atoms with Crippen molar-refractivity contribution in [3.8, 4) is 27.6 Å². The first-order chi connectivity index (χ1) is 9.78. The Kier molecular flexibility index (Phi) is 3.48. The molecule has 0 bridgehead atoms. The molecule has 0 atom stereocenters. The smallest absolute Gasteiger partial charge is 0.128 e. The zero-order valence-corrected chi connectivity index (χ0v) is 11.7. The van der Waals surface area contributed by atoms with Gasteiger partial charge in [-0.25, -0.2) is 9.37 Å². The molecular weight excluding hydrogens is 273 g/mol. The Bertz CT molecular complexity index is 721. The standard InChI is InChI=1S/C16H12FNOS/c1-19-15-5-3-2-4-13(15)14-10-20-16(18-14)11-6-8-12(17)9-7-11/h2-10H,1H3. The highest BCUT2D eigenvalue weighted by molar-refractivity contribution is 7.13.